The number of allylic oxidation sites excluding steroid dienone is 1. The molecule has 3 N–H and O–H groups in total. The Morgan fingerprint density at radius 3 is 2.61 bits per heavy atom. The first-order valence-electron chi connectivity index (χ1n) is 12.3. The number of nitrogens with two attached hydrogens (primary N) is 1. The van der Waals surface area contributed by atoms with E-state index in [1.54, 1.807) is 4.90 Å². The molecule has 2 aliphatic heterocycles. The first-order valence-corrected chi connectivity index (χ1v) is 12.3. The summed E-state index contributed by atoms with van der Waals surface area (Å²) in [6.45, 7) is 5.06. The molecule has 2 unspecified atom stereocenters. The predicted molar refractivity (Wildman–Crippen MR) is 137 cm³/mol. The van der Waals surface area contributed by atoms with Crippen molar-refractivity contribution in [3.63, 3.8) is 0 Å². The fourth-order valence-corrected chi connectivity index (χ4v) is 4.56. The molecule has 0 radical (unpaired) electrons. The number of nitrogens with zero attached hydrogens (tertiary/aromatic N) is 5. The summed E-state index contributed by atoms with van der Waals surface area (Å²) in [5.41, 5.74) is 7.58. The molecule has 13 heteroatoms. The summed E-state index contributed by atoms with van der Waals surface area (Å²) < 4.78 is 41.3. The molecular weight excluding hydrogens is 503 g/mol. The zero-order chi connectivity index (χ0) is 27.6. The third-order valence-corrected chi connectivity index (χ3v) is 6.45. The van der Waals surface area contributed by atoms with E-state index >= 15 is 0 Å². The van der Waals surface area contributed by atoms with Crippen LogP contribution in [0.5, 0.6) is 0 Å². The molecule has 1 saturated heterocycles. The summed E-state index contributed by atoms with van der Waals surface area (Å²) in [6, 6.07) is 9.13. The molecule has 2 aliphatic rings. The Kier molecular flexibility index (Phi) is 7.97. The highest BCUT2D eigenvalue weighted by atomic mass is 19.4. The molecule has 1 fully saturated rings. The second-order valence-corrected chi connectivity index (χ2v) is 9.69. The third-order valence-electron chi connectivity index (χ3n) is 6.45. The van der Waals surface area contributed by atoms with Gasteiger partial charge in [-0.2, -0.15) is 18.2 Å². The minimum atomic E-state index is -5.25. The fraction of sp³-hybridized carbons (Fsp3) is 0.480. The first kappa shape index (κ1) is 27.5. The van der Waals surface area contributed by atoms with Gasteiger partial charge in [-0.25, -0.2) is 4.79 Å². The van der Waals surface area contributed by atoms with Crippen molar-refractivity contribution >= 4 is 23.4 Å². The highest BCUT2D eigenvalue weighted by Crippen LogP contribution is 2.39. The van der Waals surface area contributed by atoms with Crippen LogP contribution in [0.15, 0.2) is 46.8 Å². The van der Waals surface area contributed by atoms with Crippen molar-refractivity contribution in [1.29, 1.82) is 0 Å². The number of hydroxylamine groups is 1. The number of likely N-dealkylation sites (tertiary alicyclic amines) is 1. The Bertz CT molecular complexity index is 1250. The lowest BCUT2D eigenvalue weighted by Gasteiger charge is -2.41. The van der Waals surface area contributed by atoms with E-state index in [0.717, 1.165) is 22.6 Å². The SMILES string of the molecule is CC(C)=CCN1c2c(nc(NCc3ccccc3)n(C)c2=O)N(OC(=O)C(F)(F)F)C1N1CCCC(N)C1. The molecule has 0 saturated carbocycles. The Balaban J connectivity index is 1.81. The monoisotopic (exact) mass is 535 g/mol. The molecule has 0 bridgehead atoms. The van der Waals surface area contributed by atoms with E-state index in [4.69, 9.17) is 10.6 Å². The highest BCUT2D eigenvalue weighted by molar-refractivity contribution is 5.80. The maximum atomic E-state index is 13.7. The van der Waals surface area contributed by atoms with Crippen molar-refractivity contribution in [2.24, 2.45) is 12.8 Å². The molecule has 3 heterocycles. The average Bonchev–Trinajstić information content (AvgIpc) is 3.17. The number of alkyl halides is 3. The fourth-order valence-electron chi connectivity index (χ4n) is 4.56. The van der Waals surface area contributed by atoms with Crippen LogP contribution in [-0.4, -0.2) is 58.6 Å². The lowest BCUT2D eigenvalue weighted by Crippen LogP contribution is -2.60. The maximum Gasteiger partial charge on any atom is 0.493 e. The van der Waals surface area contributed by atoms with Crippen LogP contribution in [0.25, 0.3) is 0 Å². The van der Waals surface area contributed by atoms with Gasteiger partial charge >= 0.3 is 12.1 Å². The number of hydrogen-bond acceptors (Lipinski definition) is 9. The van der Waals surface area contributed by atoms with Gasteiger partial charge in [0.1, 0.15) is 0 Å². The van der Waals surface area contributed by atoms with Crippen LogP contribution in [0.4, 0.5) is 30.6 Å². The average molecular weight is 536 g/mol. The molecular formula is C25H32F3N7O3. The number of anilines is 3. The van der Waals surface area contributed by atoms with E-state index in [2.05, 4.69) is 10.3 Å². The largest absolute Gasteiger partial charge is 0.493 e. The summed E-state index contributed by atoms with van der Waals surface area (Å²) in [4.78, 5) is 38.6. The Morgan fingerprint density at radius 1 is 1.26 bits per heavy atom. The van der Waals surface area contributed by atoms with E-state index in [9.17, 15) is 22.8 Å². The van der Waals surface area contributed by atoms with Crippen LogP contribution in [0.2, 0.25) is 0 Å². The normalized spacial score (nSPS) is 19.8. The lowest BCUT2D eigenvalue weighted by atomic mass is 10.1. The number of fused-ring (bicyclic) bond motifs is 1. The molecule has 1 aromatic heterocycles. The van der Waals surface area contributed by atoms with Crippen molar-refractivity contribution in [2.45, 2.75) is 51.7 Å². The molecule has 1 aromatic carbocycles. The van der Waals surface area contributed by atoms with E-state index in [1.807, 2.05) is 55.2 Å². The summed E-state index contributed by atoms with van der Waals surface area (Å²) in [6.07, 6.45) is -3.00. The van der Waals surface area contributed by atoms with Crippen LogP contribution in [0.3, 0.4) is 0 Å². The number of halogens is 3. The van der Waals surface area contributed by atoms with Crippen molar-refractivity contribution in [3.05, 3.63) is 57.9 Å². The van der Waals surface area contributed by atoms with E-state index in [0.29, 0.717) is 26.1 Å². The van der Waals surface area contributed by atoms with Crippen LogP contribution >= 0.6 is 0 Å². The zero-order valence-corrected chi connectivity index (χ0v) is 21.5. The molecule has 0 amide bonds. The van der Waals surface area contributed by atoms with Gasteiger partial charge in [0.15, 0.2) is 12.0 Å². The second-order valence-electron chi connectivity index (χ2n) is 9.69. The van der Waals surface area contributed by atoms with Crippen molar-refractivity contribution < 1.29 is 22.8 Å². The predicted octanol–water partition coefficient (Wildman–Crippen LogP) is 2.71. The molecule has 206 valence electrons. The van der Waals surface area contributed by atoms with Gasteiger partial charge in [-0.05, 0) is 32.3 Å². The molecule has 0 aliphatic carbocycles. The molecule has 2 aromatic rings. The van der Waals surface area contributed by atoms with Gasteiger partial charge in [-0.15, -0.1) is 5.06 Å². The van der Waals surface area contributed by atoms with Gasteiger partial charge in [0.05, 0.1) is 0 Å². The molecule has 4 rings (SSSR count). The Morgan fingerprint density at radius 2 is 1.97 bits per heavy atom. The van der Waals surface area contributed by atoms with Gasteiger partial charge in [0.25, 0.3) is 5.56 Å². The summed E-state index contributed by atoms with van der Waals surface area (Å²) in [7, 11) is 1.53. The highest BCUT2D eigenvalue weighted by Gasteiger charge is 2.50. The minimum Gasteiger partial charge on any atom is -0.351 e. The number of benzene rings is 1. The number of piperidine rings is 1. The smallest absolute Gasteiger partial charge is 0.351 e. The summed E-state index contributed by atoms with van der Waals surface area (Å²) >= 11 is 0. The van der Waals surface area contributed by atoms with Gasteiger partial charge < -0.3 is 20.8 Å². The Labute approximate surface area is 218 Å². The number of carbonyl (C=O) groups excluding carboxylic acids is 1. The van der Waals surface area contributed by atoms with Crippen molar-refractivity contribution in [2.75, 3.05) is 34.9 Å². The van der Waals surface area contributed by atoms with Gasteiger partial charge in [0, 0.05) is 39.3 Å². The standard InChI is InChI=1S/C25H32F3N7O3/c1-16(2)11-13-34-19-20(31-23(32(3)21(19)36)30-14-17-8-5-4-6-9-17)35(38-22(37)25(26,27)28)24(34)33-12-7-10-18(29)15-33/h4-6,8-9,11,18,24H,7,10,12-15,29H2,1-3H3,(H,30,31). The van der Waals surface area contributed by atoms with E-state index < -0.39 is 24.0 Å². The van der Waals surface area contributed by atoms with Crippen molar-refractivity contribution in [1.82, 2.24) is 14.5 Å². The molecule has 0 spiro atoms. The van der Waals surface area contributed by atoms with Crippen LogP contribution in [-0.2, 0) is 23.2 Å². The van der Waals surface area contributed by atoms with Gasteiger partial charge in [0.2, 0.25) is 11.8 Å². The van der Waals surface area contributed by atoms with Crippen LogP contribution < -0.4 is 26.6 Å². The number of aromatic nitrogens is 2. The van der Waals surface area contributed by atoms with E-state index in [-0.39, 0.29) is 30.0 Å². The number of hydrogen-bond donors (Lipinski definition) is 2. The van der Waals surface area contributed by atoms with Crippen LogP contribution in [0, 0.1) is 0 Å². The summed E-state index contributed by atoms with van der Waals surface area (Å²) in [5, 5.41) is 3.87. The minimum absolute atomic E-state index is 0.0365. The van der Waals surface area contributed by atoms with Crippen molar-refractivity contribution in [3.8, 4) is 0 Å². The topological polar surface area (TPSA) is 109 Å². The summed E-state index contributed by atoms with van der Waals surface area (Å²) in [5.74, 6) is -2.46. The number of nitrogens with one attached hydrogen (secondary N) is 1. The Hall–Kier alpha value is -3.58. The quantitative estimate of drug-likeness (QED) is 0.518. The van der Waals surface area contributed by atoms with E-state index in [1.165, 1.54) is 11.6 Å². The maximum absolute atomic E-state index is 13.7. The number of carbonyl (C=O) groups is 1. The zero-order valence-electron chi connectivity index (χ0n) is 21.5. The number of rotatable bonds is 7. The molecule has 10 nitrogen and oxygen atoms in total. The second kappa shape index (κ2) is 11.0. The lowest BCUT2D eigenvalue weighted by molar-refractivity contribution is -0.203. The van der Waals surface area contributed by atoms with Gasteiger partial charge in [-0.1, -0.05) is 42.0 Å². The first-order chi connectivity index (χ1) is 18.0. The van der Waals surface area contributed by atoms with Gasteiger partial charge in [-0.3, -0.25) is 14.3 Å². The van der Waals surface area contributed by atoms with Crippen LogP contribution in [0.1, 0.15) is 32.3 Å². The molecule has 38 heavy (non-hydrogen) atoms. The third kappa shape index (κ3) is 5.78. The molecule has 2 atom stereocenters.